The van der Waals surface area contributed by atoms with Gasteiger partial charge in [-0.1, -0.05) is 18.2 Å². The van der Waals surface area contributed by atoms with E-state index in [0.29, 0.717) is 5.82 Å². The minimum Gasteiger partial charge on any atom is -0.340 e. The molecule has 27 heavy (non-hydrogen) atoms. The molecule has 1 aromatic heterocycles. The number of alkyl halides is 3. The van der Waals surface area contributed by atoms with Crippen molar-refractivity contribution in [2.24, 2.45) is 0 Å². The van der Waals surface area contributed by atoms with E-state index in [1.807, 2.05) is 31.2 Å². The van der Waals surface area contributed by atoms with Gasteiger partial charge in [0.15, 0.2) is 0 Å². The molecule has 0 saturated carbocycles. The molecule has 0 aliphatic carbocycles. The Morgan fingerprint density at radius 3 is 2.37 bits per heavy atom. The lowest BCUT2D eigenvalue weighted by Crippen LogP contribution is -2.13. The van der Waals surface area contributed by atoms with E-state index in [-0.39, 0.29) is 11.3 Å². The number of hydrogen-bond acceptors (Lipinski definition) is 3. The van der Waals surface area contributed by atoms with Crippen molar-refractivity contribution in [1.82, 2.24) is 4.98 Å². The van der Waals surface area contributed by atoms with Crippen LogP contribution in [0.4, 0.5) is 30.4 Å². The van der Waals surface area contributed by atoms with Crippen LogP contribution in [0.15, 0.2) is 66.9 Å². The van der Waals surface area contributed by atoms with Gasteiger partial charge in [-0.15, -0.1) is 0 Å². The number of rotatable bonds is 4. The van der Waals surface area contributed by atoms with Crippen LogP contribution < -0.4 is 10.6 Å². The number of pyridine rings is 1. The van der Waals surface area contributed by atoms with Crippen molar-refractivity contribution in [3.63, 3.8) is 0 Å². The smallest absolute Gasteiger partial charge is 0.340 e. The minimum atomic E-state index is -4.47. The number of carbonyl (C=O) groups excluding carboxylic acids is 1. The maximum absolute atomic E-state index is 12.7. The Labute approximate surface area is 154 Å². The van der Waals surface area contributed by atoms with E-state index in [9.17, 15) is 18.0 Å². The second-order valence-electron chi connectivity index (χ2n) is 5.96. The molecule has 3 aromatic rings. The molecule has 0 spiro atoms. The fraction of sp³-hybridized carbons (Fsp3) is 0.100. The summed E-state index contributed by atoms with van der Waals surface area (Å²) in [6.45, 7) is 1.97. The maximum Gasteiger partial charge on any atom is 0.416 e. The molecule has 3 rings (SSSR count). The molecule has 138 valence electrons. The van der Waals surface area contributed by atoms with Crippen LogP contribution >= 0.6 is 0 Å². The van der Waals surface area contributed by atoms with Crippen molar-refractivity contribution in [1.29, 1.82) is 0 Å². The van der Waals surface area contributed by atoms with Crippen molar-refractivity contribution < 1.29 is 18.0 Å². The standard InChI is InChI=1S/C20H16F3N3O/c1-13-4-2-6-16(10-13)25-18-9-8-14(12-24-18)19(27)26-17-7-3-5-15(11-17)20(21,22)23/h2-12H,1H3,(H,24,25)(H,26,27). The Morgan fingerprint density at radius 1 is 0.963 bits per heavy atom. The van der Waals surface area contributed by atoms with E-state index in [1.165, 1.54) is 18.3 Å². The Balaban J connectivity index is 1.69. The highest BCUT2D eigenvalue weighted by Crippen LogP contribution is 2.30. The second kappa shape index (κ2) is 7.49. The zero-order valence-corrected chi connectivity index (χ0v) is 14.3. The molecule has 0 saturated heterocycles. The first kappa shape index (κ1) is 18.4. The summed E-state index contributed by atoms with van der Waals surface area (Å²) in [4.78, 5) is 16.4. The number of nitrogens with zero attached hydrogens (tertiary/aromatic N) is 1. The summed E-state index contributed by atoms with van der Waals surface area (Å²) in [6.07, 6.45) is -3.10. The molecule has 0 unspecified atom stereocenters. The van der Waals surface area contributed by atoms with E-state index in [4.69, 9.17) is 0 Å². The number of nitrogens with one attached hydrogen (secondary N) is 2. The lowest BCUT2D eigenvalue weighted by molar-refractivity contribution is -0.137. The van der Waals surface area contributed by atoms with Gasteiger partial charge in [-0.2, -0.15) is 13.2 Å². The highest BCUT2D eigenvalue weighted by molar-refractivity contribution is 6.04. The van der Waals surface area contributed by atoms with Gasteiger partial charge < -0.3 is 10.6 Å². The molecule has 0 atom stereocenters. The Bertz CT molecular complexity index is 953. The summed E-state index contributed by atoms with van der Waals surface area (Å²) in [5, 5.41) is 5.56. The summed E-state index contributed by atoms with van der Waals surface area (Å²) >= 11 is 0. The minimum absolute atomic E-state index is 0.0665. The predicted octanol–water partition coefficient (Wildman–Crippen LogP) is 5.40. The summed E-state index contributed by atoms with van der Waals surface area (Å²) in [5.74, 6) is 0.0140. The molecule has 1 heterocycles. The molecule has 2 N–H and O–H groups in total. The average molecular weight is 371 g/mol. The maximum atomic E-state index is 12.7. The summed E-state index contributed by atoms with van der Waals surface area (Å²) < 4.78 is 38.2. The molecule has 0 fully saturated rings. The van der Waals surface area contributed by atoms with Gasteiger partial charge >= 0.3 is 6.18 Å². The number of aromatic nitrogens is 1. The molecule has 7 heteroatoms. The van der Waals surface area contributed by atoms with Crippen molar-refractivity contribution in [2.75, 3.05) is 10.6 Å². The molecule has 0 bridgehead atoms. The van der Waals surface area contributed by atoms with Crippen molar-refractivity contribution >= 4 is 23.1 Å². The van der Waals surface area contributed by atoms with Gasteiger partial charge in [0.1, 0.15) is 5.82 Å². The molecule has 1 amide bonds. The third-order valence-corrected chi connectivity index (χ3v) is 3.76. The fourth-order valence-electron chi connectivity index (χ4n) is 2.45. The van der Waals surface area contributed by atoms with E-state index in [1.54, 1.807) is 12.1 Å². The van der Waals surface area contributed by atoms with Crippen LogP contribution in [0.5, 0.6) is 0 Å². The molecular weight excluding hydrogens is 355 g/mol. The molecule has 2 aromatic carbocycles. The van der Waals surface area contributed by atoms with Crippen molar-refractivity contribution in [2.45, 2.75) is 13.1 Å². The third-order valence-electron chi connectivity index (χ3n) is 3.76. The van der Waals surface area contributed by atoms with E-state index in [0.717, 1.165) is 23.4 Å². The van der Waals surface area contributed by atoms with Gasteiger partial charge in [-0.3, -0.25) is 4.79 Å². The molecule has 0 radical (unpaired) electrons. The first-order chi connectivity index (χ1) is 12.8. The molecular formula is C20H16F3N3O. The fourth-order valence-corrected chi connectivity index (χ4v) is 2.45. The van der Waals surface area contributed by atoms with Crippen molar-refractivity contribution in [3.8, 4) is 0 Å². The second-order valence-corrected chi connectivity index (χ2v) is 5.96. The number of carbonyl (C=O) groups is 1. The third kappa shape index (κ3) is 4.84. The van der Waals surface area contributed by atoms with Gasteiger partial charge in [-0.05, 0) is 55.0 Å². The number of aryl methyl sites for hydroxylation is 1. The quantitative estimate of drug-likeness (QED) is 0.645. The van der Waals surface area contributed by atoms with Crippen LogP contribution in [0.1, 0.15) is 21.5 Å². The van der Waals surface area contributed by atoms with Gasteiger partial charge in [0.05, 0.1) is 11.1 Å². The summed E-state index contributed by atoms with van der Waals surface area (Å²) in [6, 6.07) is 15.4. The van der Waals surface area contributed by atoms with Gasteiger partial charge in [0, 0.05) is 17.6 Å². The van der Waals surface area contributed by atoms with Gasteiger partial charge in [0.25, 0.3) is 5.91 Å². The topological polar surface area (TPSA) is 54.0 Å². The molecule has 4 nitrogen and oxygen atoms in total. The lowest BCUT2D eigenvalue weighted by atomic mass is 10.2. The zero-order chi connectivity index (χ0) is 19.4. The largest absolute Gasteiger partial charge is 0.416 e. The number of hydrogen-bond donors (Lipinski definition) is 2. The number of amides is 1. The zero-order valence-electron chi connectivity index (χ0n) is 14.3. The van der Waals surface area contributed by atoms with Crippen LogP contribution in [0.25, 0.3) is 0 Å². The van der Waals surface area contributed by atoms with Gasteiger partial charge in [-0.25, -0.2) is 4.98 Å². The van der Waals surface area contributed by atoms with Crippen molar-refractivity contribution in [3.05, 3.63) is 83.6 Å². The SMILES string of the molecule is Cc1cccc(Nc2ccc(C(=O)Nc3cccc(C(F)(F)F)c3)cn2)c1. The molecule has 0 aliphatic rings. The first-order valence-corrected chi connectivity index (χ1v) is 8.09. The Hall–Kier alpha value is -3.35. The van der Waals surface area contributed by atoms with E-state index >= 15 is 0 Å². The highest BCUT2D eigenvalue weighted by atomic mass is 19.4. The predicted molar refractivity (Wildman–Crippen MR) is 98.1 cm³/mol. The summed E-state index contributed by atoms with van der Waals surface area (Å²) in [7, 11) is 0. The highest BCUT2D eigenvalue weighted by Gasteiger charge is 2.30. The van der Waals surface area contributed by atoms with Crippen LogP contribution in [0.2, 0.25) is 0 Å². The van der Waals surface area contributed by atoms with E-state index in [2.05, 4.69) is 15.6 Å². The Morgan fingerprint density at radius 2 is 1.70 bits per heavy atom. The Kier molecular flexibility index (Phi) is 5.12. The van der Waals surface area contributed by atoms with Crippen LogP contribution in [-0.2, 0) is 6.18 Å². The molecule has 0 aliphatic heterocycles. The monoisotopic (exact) mass is 371 g/mol. The van der Waals surface area contributed by atoms with Crippen LogP contribution in [-0.4, -0.2) is 10.9 Å². The number of anilines is 3. The number of benzene rings is 2. The number of halogens is 3. The van der Waals surface area contributed by atoms with Crippen LogP contribution in [0.3, 0.4) is 0 Å². The first-order valence-electron chi connectivity index (χ1n) is 8.09. The van der Waals surface area contributed by atoms with Gasteiger partial charge in [0.2, 0.25) is 0 Å². The normalized spacial score (nSPS) is 11.1. The lowest BCUT2D eigenvalue weighted by Gasteiger charge is -2.10. The average Bonchev–Trinajstić information content (AvgIpc) is 2.62. The van der Waals surface area contributed by atoms with Crippen LogP contribution in [0, 0.1) is 6.92 Å². The van der Waals surface area contributed by atoms with E-state index < -0.39 is 17.6 Å². The summed E-state index contributed by atoms with van der Waals surface area (Å²) in [5.41, 5.74) is 1.44.